The van der Waals surface area contributed by atoms with E-state index in [0.717, 1.165) is 29.7 Å². The molecule has 1 aromatic carbocycles. The lowest BCUT2D eigenvalue weighted by Gasteiger charge is -2.34. The molecule has 1 atom stereocenters. The van der Waals surface area contributed by atoms with Gasteiger partial charge in [0.2, 0.25) is 0 Å². The van der Waals surface area contributed by atoms with Gasteiger partial charge in [-0.2, -0.15) is 0 Å². The number of aliphatic hydroxyl groups excluding tert-OH is 1. The zero-order valence-corrected chi connectivity index (χ0v) is 12.3. The molecule has 0 aromatic heterocycles. The second-order valence-electron chi connectivity index (χ2n) is 4.77. The monoisotopic (exact) mass is 313 g/mol. The number of nitrogens with zero attached hydrogens (tertiary/aromatic N) is 1. The molecular weight excluding hydrogens is 294 g/mol. The maximum absolute atomic E-state index is 9.41. The van der Waals surface area contributed by atoms with Crippen molar-refractivity contribution in [3.8, 4) is 5.75 Å². The highest BCUT2D eigenvalue weighted by atomic mass is 79.9. The van der Waals surface area contributed by atoms with E-state index >= 15 is 0 Å². The number of aliphatic hydroxyl groups is 1. The van der Waals surface area contributed by atoms with Crippen LogP contribution in [-0.2, 0) is 6.54 Å². The Kier molecular flexibility index (Phi) is 5.03. The third-order valence-electron chi connectivity index (χ3n) is 3.56. The van der Waals surface area contributed by atoms with Gasteiger partial charge >= 0.3 is 0 Å². The number of halogens is 1. The second-order valence-corrected chi connectivity index (χ2v) is 5.63. The van der Waals surface area contributed by atoms with E-state index < -0.39 is 0 Å². The fourth-order valence-corrected chi connectivity index (χ4v) is 3.11. The Bertz CT molecular complexity index is 397. The van der Waals surface area contributed by atoms with Gasteiger partial charge in [-0.05, 0) is 53.0 Å². The molecule has 2 rings (SSSR count). The van der Waals surface area contributed by atoms with Gasteiger partial charge in [0.05, 0.1) is 18.2 Å². The normalized spacial score (nSPS) is 20.9. The van der Waals surface area contributed by atoms with Gasteiger partial charge in [0, 0.05) is 12.6 Å². The number of rotatable bonds is 4. The van der Waals surface area contributed by atoms with Gasteiger partial charge in [-0.3, -0.25) is 4.90 Å². The van der Waals surface area contributed by atoms with Crippen molar-refractivity contribution in [2.75, 3.05) is 20.3 Å². The van der Waals surface area contributed by atoms with E-state index in [0.29, 0.717) is 6.04 Å². The first-order valence-electron chi connectivity index (χ1n) is 6.42. The van der Waals surface area contributed by atoms with E-state index in [-0.39, 0.29) is 6.61 Å². The quantitative estimate of drug-likeness (QED) is 0.927. The molecule has 1 unspecified atom stereocenters. The smallest absolute Gasteiger partial charge is 0.133 e. The molecule has 3 nitrogen and oxygen atoms in total. The SMILES string of the molecule is COc1ccc(CN2CCCCC2CO)cc1Br. The highest BCUT2D eigenvalue weighted by molar-refractivity contribution is 9.10. The first kappa shape index (κ1) is 13.8. The minimum absolute atomic E-state index is 0.261. The average Bonchev–Trinajstić information content (AvgIpc) is 2.39. The lowest BCUT2D eigenvalue weighted by Crippen LogP contribution is -2.41. The molecule has 100 valence electrons. The third kappa shape index (κ3) is 3.25. The maximum Gasteiger partial charge on any atom is 0.133 e. The van der Waals surface area contributed by atoms with E-state index in [1.54, 1.807) is 7.11 Å². The van der Waals surface area contributed by atoms with Crippen molar-refractivity contribution in [3.05, 3.63) is 28.2 Å². The van der Waals surface area contributed by atoms with Crippen LogP contribution >= 0.6 is 15.9 Å². The molecule has 4 heteroatoms. The van der Waals surface area contributed by atoms with Crippen molar-refractivity contribution in [2.24, 2.45) is 0 Å². The summed E-state index contributed by atoms with van der Waals surface area (Å²) in [6.07, 6.45) is 3.57. The Hall–Kier alpha value is -0.580. The van der Waals surface area contributed by atoms with Crippen molar-refractivity contribution in [2.45, 2.75) is 31.8 Å². The molecule has 1 fully saturated rings. The number of hydrogen-bond acceptors (Lipinski definition) is 3. The molecule has 1 saturated heterocycles. The van der Waals surface area contributed by atoms with Gasteiger partial charge in [0.1, 0.15) is 5.75 Å². The summed E-state index contributed by atoms with van der Waals surface area (Å²) in [7, 11) is 1.67. The van der Waals surface area contributed by atoms with Crippen molar-refractivity contribution in [3.63, 3.8) is 0 Å². The summed E-state index contributed by atoms with van der Waals surface area (Å²) >= 11 is 3.51. The zero-order chi connectivity index (χ0) is 13.0. The topological polar surface area (TPSA) is 32.7 Å². The molecule has 0 bridgehead atoms. The Labute approximate surface area is 117 Å². The van der Waals surface area contributed by atoms with Crippen LogP contribution in [0.25, 0.3) is 0 Å². The zero-order valence-electron chi connectivity index (χ0n) is 10.7. The van der Waals surface area contributed by atoms with E-state index in [9.17, 15) is 5.11 Å². The van der Waals surface area contributed by atoms with Gasteiger partial charge < -0.3 is 9.84 Å². The average molecular weight is 314 g/mol. The van der Waals surface area contributed by atoms with Crippen LogP contribution in [0.4, 0.5) is 0 Å². The van der Waals surface area contributed by atoms with E-state index in [1.165, 1.54) is 18.4 Å². The van der Waals surface area contributed by atoms with Gasteiger partial charge in [0.15, 0.2) is 0 Å². The third-order valence-corrected chi connectivity index (χ3v) is 4.18. The van der Waals surface area contributed by atoms with E-state index in [4.69, 9.17) is 4.74 Å². The standard InChI is InChI=1S/C14H20BrNO2/c1-18-14-6-5-11(8-13(14)15)9-16-7-3-2-4-12(16)10-17/h5-6,8,12,17H,2-4,7,9-10H2,1H3. The number of methoxy groups -OCH3 is 1. The summed E-state index contributed by atoms with van der Waals surface area (Å²) in [6, 6.07) is 6.49. The van der Waals surface area contributed by atoms with Crippen LogP contribution in [0.3, 0.4) is 0 Å². The molecule has 0 aliphatic carbocycles. The molecular formula is C14H20BrNO2. The largest absolute Gasteiger partial charge is 0.496 e. The summed E-state index contributed by atoms with van der Waals surface area (Å²) in [6.45, 7) is 2.24. The lowest BCUT2D eigenvalue weighted by atomic mass is 10.0. The van der Waals surface area contributed by atoms with Crippen LogP contribution < -0.4 is 4.74 Å². The molecule has 1 aromatic rings. The van der Waals surface area contributed by atoms with Crippen molar-refractivity contribution >= 4 is 15.9 Å². The second kappa shape index (κ2) is 6.55. The molecule has 1 aliphatic rings. The minimum Gasteiger partial charge on any atom is -0.496 e. The minimum atomic E-state index is 0.261. The van der Waals surface area contributed by atoms with Gasteiger partial charge in [0.25, 0.3) is 0 Å². The van der Waals surface area contributed by atoms with Gasteiger partial charge in [-0.25, -0.2) is 0 Å². The van der Waals surface area contributed by atoms with E-state index in [1.807, 2.05) is 6.07 Å². The van der Waals surface area contributed by atoms with Crippen LogP contribution in [0, 0.1) is 0 Å². The van der Waals surface area contributed by atoms with Crippen LogP contribution in [-0.4, -0.2) is 36.3 Å². The molecule has 0 saturated carbocycles. The lowest BCUT2D eigenvalue weighted by molar-refractivity contribution is 0.0841. The summed E-state index contributed by atoms with van der Waals surface area (Å²) in [5.74, 6) is 0.858. The summed E-state index contributed by atoms with van der Waals surface area (Å²) in [5, 5.41) is 9.41. The highest BCUT2D eigenvalue weighted by Gasteiger charge is 2.21. The highest BCUT2D eigenvalue weighted by Crippen LogP contribution is 2.27. The van der Waals surface area contributed by atoms with Crippen molar-refractivity contribution < 1.29 is 9.84 Å². The molecule has 1 aliphatic heterocycles. The Morgan fingerprint density at radius 2 is 2.28 bits per heavy atom. The fraction of sp³-hybridized carbons (Fsp3) is 0.571. The molecule has 18 heavy (non-hydrogen) atoms. The molecule has 0 amide bonds. The Morgan fingerprint density at radius 3 is 2.94 bits per heavy atom. The van der Waals surface area contributed by atoms with Gasteiger partial charge in [-0.15, -0.1) is 0 Å². The number of benzene rings is 1. The summed E-state index contributed by atoms with van der Waals surface area (Å²) in [4.78, 5) is 2.37. The number of likely N-dealkylation sites (tertiary alicyclic amines) is 1. The Balaban J connectivity index is 2.05. The molecule has 0 spiro atoms. The van der Waals surface area contributed by atoms with Crippen molar-refractivity contribution in [1.29, 1.82) is 0 Å². The number of hydrogen-bond donors (Lipinski definition) is 1. The summed E-state index contributed by atoms with van der Waals surface area (Å²) in [5.41, 5.74) is 1.25. The fourth-order valence-electron chi connectivity index (χ4n) is 2.52. The summed E-state index contributed by atoms with van der Waals surface area (Å²) < 4.78 is 6.22. The maximum atomic E-state index is 9.41. The predicted octanol–water partition coefficient (Wildman–Crippen LogP) is 2.80. The van der Waals surface area contributed by atoms with Gasteiger partial charge in [-0.1, -0.05) is 12.5 Å². The molecule has 1 N–H and O–H groups in total. The number of piperidine rings is 1. The van der Waals surface area contributed by atoms with Crippen LogP contribution in [0.2, 0.25) is 0 Å². The first-order chi connectivity index (χ1) is 8.74. The molecule has 0 radical (unpaired) electrons. The van der Waals surface area contributed by atoms with Crippen LogP contribution in [0.1, 0.15) is 24.8 Å². The van der Waals surface area contributed by atoms with Crippen molar-refractivity contribution in [1.82, 2.24) is 4.90 Å². The predicted molar refractivity (Wildman–Crippen MR) is 75.8 cm³/mol. The van der Waals surface area contributed by atoms with E-state index in [2.05, 4.69) is 33.0 Å². The van der Waals surface area contributed by atoms with Crippen LogP contribution in [0.15, 0.2) is 22.7 Å². The van der Waals surface area contributed by atoms with Crippen LogP contribution in [0.5, 0.6) is 5.75 Å². The molecule has 1 heterocycles. The Morgan fingerprint density at radius 1 is 1.44 bits per heavy atom. The number of ether oxygens (including phenoxy) is 1. The first-order valence-corrected chi connectivity index (χ1v) is 7.21.